The Morgan fingerprint density at radius 1 is 1.18 bits per heavy atom. The van der Waals surface area contributed by atoms with Gasteiger partial charge in [-0.25, -0.2) is 9.80 Å². The molecule has 28 heavy (non-hydrogen) atoms. The van der Waals surface area contributed by atoms with Gasteiger partial charge in [-0.3, -0.25) is 20.4 Å². The Morgan fingerprint density at radius 2 is 1.75 bits per heavy atom. The molecule has 0 rings (SSSR count). The molecule has 0 aromatic heterocycles. The largest absolute Gasteiger partial charge is 0.498 e. The SMILES string of the molecule is CCCCN(NN(O)C(F)(F)F)C(=O)CN(CC(C)C)NC(=O)OC(C)(C)C. The molecule has 0 saturated carbocycles. The third-order valence-corrected chi connectivity index (χ3v) is 3.05. The predicted octanol–water partition coefficient (Wildman–Crippen LogP) is 2.64. The third-order valence-electron chi connectivity index (χ3n) is 3.05. The molecule has 0 atom stereocenters. The molecule has 0 aliphatic carbocycles. The van der Waals surface area contributed by atoms with E-state index in [-0.39, 0.29) is 19.0 Å². The molecule has 0 aromatic rings. The molecule has 0 aromatic carbocycles. The van der Waals surface area contributed by atoms with Crippen LogP contribution in [0.25, 0.3) is 0 Å². The second-order valence-electron chi connectivity index (χ2n) is 7.67. The van der Waals surface area contributed by atoms with Gasteiger partial charge in [-0.1, -0.05) is 27.2 Å². The minimum absolute atomic E-state index is 0.0457. The average Bonchev–Trinajstić information content (AvgIpc) is 2.47. The minimum atomic E-state index is -5.09. The van der Waals surface area contributed by atoms with Crippen molar-refractivity contribution < 1.29 is 32.7 Å². The van der Waals surface area contributed by atoms with Crippen LogP contribution in [-0.2, 0) is 9.53 Å². The summed E-state index contributed by atoms with van der Waals surface area (Å²) in [7, 11) is 0. The Balaban J connectivity index is 5.14. The summed E-state index contributed by atoms with van der Waals surface area (Å²) in [5.74, 6) is -0.724. The van der Waals surface area contributed by atoms with Gasteiger partial charge in [-0.15, -0.1) is 5.53 Å². The second-order valence-corrected chi connectivity index (χ2v) is 7.67. The molecule has 0 unspecified atom stereocenters. The molecule has 0 spiro atoms. The van der Waals surface area contributed by atoms with Crippen molar-refractivity contribution in [3.8, 4) is 0 Å². The molecule has 3 N–H and O–H groups in total. The van der Waals surface area contributed by atoms with Crippen molar-refractivity contribution in [3.63, 3.8) is 0 Å². The van der Waals surface area contributed by atoms with Crippen molar-refractivity contribution in [2.24, 2.45) is 5.92 Å². The van der Waals surface area contributed by atoms with Crippen LogP contribution in [-0.4, -0.2) is 63.9 Å². The number of rotatable bonds is 10. The third kappa shape index (κ3) is 12.0. The van der Waals surface area contributed by atoms with Gasteiger partial charge in [0.1, 0.15) is 5.60 Å². The van der Waals surface area contributed by atoms with Crippen molar-refractivity contribution in [1.82, 2.24) is 26.2 Å². The smallest absolute Gasteiger partial charge is 0.443 e. The van der Waals surface area contributed by atoms with Crippen molar-refractivity contribution in [3.05, 3.63) is 0 Å². The molecule has 0 heterocycles. The first-order chi connectivity index (χ1) is 12.7. The normalized spacial score (nSPS) is 12.6. The van der Waals surface area contributed by atoms with E-state index < -0.39 is 35.6 Å². The maximum absolute atomic E-state index is 12.6. The summed E-state index contributed by atoms with van der Waals surface area (Å²) >= 11 is 0. The molecular formula is C16H32F3N5O4. The zero-order valence-electron chi connectivity index (χ0n) is 17.3. The number of halogens is 3. The Kier molecular flexibility index (Phi) is 10.7. The van der Waals surface area contributed by atoms with Gasteiger partial charge < -0.3 is 4.74 Å². The van der Waals surface area contributed by atoms with Crippen LogP contribution in [0.1, 0.15) is 54.4 Å². The Labute approximate surface area is 163 Å². The zero-order valence-corrected chi connectivity index (χ0v) is 17.3. The van der Waals surface area contributed by atoms with Crippen LogP contribution in [0.15, 0.2) is 0 Å². The fraction of sp³-hybridized carbons (Fsp3) is 0.875. The summed E-state index contributed by atoms with van der Waals surface area (Å²) < 4.78 is 42.8. The molecule has 0 aliphatic heterocycles. The number of ether oxygens (including phenoxy) is 1. The van der Waals surface area contributed by atoms with Gasteiger partial charge in [0, 0.05) is 13.1 Å². The van der Waals surface area contributed by atoms with Gasteiger partial charge in [0.05, 0.1) is 6.54 Å². The molecular weight excluding hydrogens is 383 g/mol. The van der Waals surface area contributed by atoms with Crippen LogP contribution in [0.3, 0.4) is 0 Å². The number of hydrogen-bond acceptors (Lipinski definition) is 7. The lowest BCUT2D eigenvalue weighted by atomic mass is 10.2. The van der Waals surface area contributed by atoms with Gasteiger partial charge in [0.15, 0.2) is 0 Å². The number of nitrogens with zero attached hydrogens (tertiary/aromatic N) is 3. The molecule has 166 valence electrons. The monoisotopic (exact) mass is 415 g/mol. The number of carbonyl (C=O) groups excluding carboxylic acids is 2. The first kappa shape index (κ1) is 26.4. The van der Waals surface area contributed by atoms with E-state index in [1.54, 1.807) is 33.2 Å². The summed E-state index contributed by atoms with van der Waals surface area (Å²) in [6, 6.07) is 0. The number of amides is 2. The quantitative estimate of drug-likeness (QED) is 0.373. The van der Waals surface area contributed by atoms with Gasteiger partial charge in [-0.2, -0.15) is 13.2 Å². The highest BCUT2D eigenvalue weighted by Gasteiger charge is 2.39. The maximum Gasteiger partial charge on any atom is 0.498 e. The van der Waals surface area contributed by atoms with E-state index in [4.69, 9.17) is 9.94 Å². The predicted molar refractivity (Wildman–Crippen MR) is 95.2 cm³/mol. The molecule has 0 fully saturated rings. The molecule has 0 aliphatic rings. The van der Waals surface area contributed by atoms with Crippen molar-refractivity contribution in [2.45, 2.75) is 66.3 Å². The number of alkyl halides is 3. The number of nitrogens with one attached hydrogen (secondary N) is 2. The minimum Gasteiger partial charge on any atom is -0.443 e. The lowest BCUT2D eigenvalue weighted by Crippen LogP contribution is -2.59. The summed E-state index contributed by atoms with van der Waals surface area (Å²) in [5.41, 5.74) is 3.29. The Morgan fingerprint density at radius 3 is 2.18 bits per heavy atom. The lowest BCUT2D eigenvalue weighted by molar-refractivity contribution is -0.390. The Bertz CT molecular complexity index is 498. The zero-order chi connectivity index (χ0) is 22.1. The molecule has 0 bridgehead atoms. The van der Waals surface area contributed by atoms with E-state index >= 15 is 0 Å². The van der Waals surface area contributed by atoms with Crippen LogP contribution in [0.4, 0.5) is 18.0 Å². The van der Waals surface area contributed by atoms with E-state index in [1.807, 2.05) is 13.8 Å². The molecule has 2 amide bonds. The van der Waals surface area contributed by atoms with E-state index in [1.165, 1.54) is 5.01 Å². The number of hydrazine groups is 3. The summed E-state index contributed by atoms with van der Waals surface area (Å²) in [6.45, 7) is 10.3. The number of hydrogen-bond donors (Lipinski definition) is 3. The lowest BCUT2D eigenvalue weighted by Gasteiger charge is -2.31. The molecule has 9 nitrogen and oxygen atoms in total. The van der Waals surface area contributed by atoms with Crippen LogP contribution in [0.5, 0.6) is 0 Å². The number of carbonyl (C=O) groups is 2. The highest BCUT2D eigenvalue weighted by molar-refractivity contribution is 5.78. The summed E-state index contributed by atoms with van der Waals surface area (Å²) in [4.78, 5) is 24.5. The molecule has 0 radical (unpaired) electrons. The molecule has 0 saturated heterocycles. The van der Waals surface area contributed by atoms with Crippen LogP contribution in [0, 0.1) is 5.92 Å². The fourth-order valence-electron chi connectivity index (χ4n) is 1.99. The van der Waals surface area contributed by atoms with Crippen molar-refractivity contribution >= 4 is 12.0 Å². The van der Waals surface area contributed by atoms with Gasteiger partial charge >= 0.3 is 12.4 Å². The molecule has 12 heteroatoms. The van der Waals surface area contributed by atoms with Crippen molar-refractivity contribution in [1.29, 1.82) is 0 Å². The second kappa shape index (κ2) is 11.4. The van der Waals surface area contributed by atoms with Crippen molar-refractivity contribution in [2.75, 3.05) is 19.6 Å². The van der Waals surface area contributed by atoms with E-state index in [9.17, 15) is 22.8 Å². The first-order valence-corrected chi connectivity index (χ1v) is 9.02. The Hall–Kier alpha value is -1.63. The number of unbranched alkanes of at least 4 members (excludes halogenated alkanes) is 1. The van der Waals surface area contributed by atoms with E-state index in [2.05, 4.69) is 5.43 Å². The maximum atomic E-state index is 12.6. The highest BCUT2D eigenvalue weighted by atomic mass is 19.4. The summed E-state index contributed by atoms with van der Waals surface area (Å²) in [5, 5.41) is 9.88. The topological polar surface area (TPSA) is 97.4 Å². The van der Waals surface area contributed by atoms with E-state index in [0.717, 1.165) is 0 Å². The average molecular weight is 415 g/mol. The highest BCUT2D eigenvalue weighted by Crippen LogP contribution is 2.16. The summed E-state index contributed by atoms with van der Waals surface area (Å²) in [6.07, 6.45) is -4.84. The van der Waals surface area contributed by atoms with Crippen LogP contribution >= 0.6 is 0 Å². The van der Waals surface area contributed by atoms with Gasteiger partial charge in [0.25, 0.3) is 5.91 Å². The standard InChI is InChI=1S/C16H32F3N5O4/c1-7-8-9-23(21-24(27)16(17,18)19)13(25)11-22(10-12(2)3)20-14(26)28-15(4,5)6/h12,21,27H,7-11H2,1-6H3,(H,20,26). The van der Waals surface area contributed by atoms with Gasteiger partial charge in [0.2, 0.25) is 0 Å². The number of hydroxylamine groups is 1. The first-order valence-electron chi connectivity index (χ1n) is 9.02. The van der Waals surface area contributed by atoms with Crippen LogP contribution in [0.2, 0.25) is 0 Å². The van der Waals surface area contributed by atoms with Crippen LogP contribution < -0.4 is 11.0 Å². The van der Waals surface area contributed by atoms with Gasteiger partial charge in [-0.05, 0) is 38.3 Å². The fourth-order valence-corrected chi connectivity index (χ4v) is 1.99. The van der Waals surface area contributed by atoms with E-state index in [0.29, 0.717) is 17.9 Å².